The van der Waals surface area contributed by atoms with Gasteiger partial charge in [0, 0.05) is 33.6 Å². The summed E-state index contributed by atoms with van der Waals surface area (Å²) in [4.78, 5) is 39.4. The van der Waals surface area contributed by atoms with E-state index in [2.05, 4.69) is 43.7 Å². The molecule has 6 aromatic carbocycles. The van der Waals surface area contributed by atoms with E-state index in [1.54, 1.807) is 57.2 Å². The van der Waals surface area contributed by atoms with E-state index in [4.69, 9.17) is 4.42 Å². The number of hydrogen-bond acceptors (Lipinski definition) is 11. The number of hydrogen-bond donors (Lipinski definition) is 7. The molecule has 6 aromatic rings. The van der Waals surface area contributed by atoms with Gasteiger partial charge in [0.15, 0.2) is 0 Å². The second-order valence-electron chi connectivity index (χ2n) is 16.7. The number of carbonyl (C=O) groups is 3. The molecule has 1 aliphatic carbocycles. The van der Waals surface area contributed by atoms with Gasteiger partial charge in [0.1, 0.15) is 25.7 Å². The summed E-state index contributed by atoms with van der Waals surface area (Å²) in [5.74, 6) is -1.39. The van der Waals surface area contributed by atoms with Crippen molar-refractivity contribution in [3.05, 3.63) is 166 Å². The Bertz CT molecular complexity index is 3790. The molecule has 0 bridgehead atoms. The zero-order valence-corrected chi connectivity index (χ0v) is 52.4. The number of carbonyl (C=O) groups excluding carboxylic acids is 3. The third-order valence-corrected chi connectivity index (χ3v) is 13.5. The number of aryl methyl sites for hydroxylation is 4. The maximum Gasteiger partial charge on any atom is 1.00 e. The summed E-state index contributed by atoms with van der Waals surface area (Å²) in [6.45, 7) is 10.7. The molecular formula is C52H43N6Na4O11S2+. The molecule has 0 aromatic heterocycles. The first kappa shape index (κ1) is 63.2. The van der Waals surface area contributed by atoms with Gasteiger partial charge in [0.05, 0.1) is 23.4 Å². The minimum Gasteiger partial charge on any atom is -0.744 e. The maximum absolute atomic E-state index is 13.2. The molecule has 1 heterocycles. The van der Waals surface area contributed by atoms with Crippen LogP contribution in [-0.2, 0) is 20.2 Å². The Labute approximate surface area is 521 Å². The van der Waals surface area contributed by atoms with Crippen molar-refractivity contribution in [2.75, 3.05) is 26.6 Å². The maximum atomic E-state index is 13.2. The quantitative estimate of drug-likeness (QED) is 0.0280. The largest absolute Gasteiger partial charge is 1.00 e. The molecule has 17 nitrogen and oxygen atoms in total. The number of anilines is 6. The van der Waals surface area contributed by atoms with Gasteiger partial charge in [-0.05, 0) is 105 Å². The second kappa shape index (κ2) is 25.9. The van der Waals surface area contributed by atoms with Crippen LogP contribution in [0.15, 0.2) is 123 Å². The summed E-state index contributed by atoms with van der Waals surface area (Å²) in [7, 11) is -10.2. The Morgan fingerprint density at radius 2 is 1.20 bits per heavy atom. The van der Waals surface area contributed by atoms with E-state index in [0.29, 0.717) is 56.4 Å². The van der Waals surface area contributed by atoms with E-state index in [1.807, 2.05) is 26.8 Å². The zero-order valence-electron chi connectivity index (χ0n) is 42.7. The molecule has 1 aliphatic heterocycles. The van der Waals surface area contributed by atoms with Crippen LogP contribution in [0.3, 0.4) is 0 Å². The first-order valence-electron chi connectivity index (χ1n) is 21.6. The number of amides is 4. The first-order valence-corrected chi connectivity index (χ1v) is 24.4. The van der Waals surface area contributed by atoms with Crippen LogP contribution in [-0.4, -0.2) is 44.0 Å². The monoisotopic (exact) mass is 1080 g/mol. The number of nitrogens with one attached hydrogen (secondary N) is 6. The third kappa shape index (κ3) is 14.2. The van der Waals surface area contributed by atoms with E-state index in [1.165, 1.54) is 60.7 Å². The Hall–Kier alpha value is -4.36. The summed E-state index contributed by atoms with van der Waals surface area (Å²) in [5, 5.41) is 25.8. The van der Waals surface area contributed by atoms with Crippen molar-refractivity contribution < 1.29 is 173 Å². The van der Waals surface area contributed by atoms with Crippen molar-refractivity contribution >= 4 is 89.0 Å². The van der Waals surface area contributed by atoms with Crippen LogP contribution in [0, 0.1) is 53.7 Å². The van der Waals surface area contributed by atoms with Crippen LogP contribution in [0.1, 0.15) is 43.7 Å². The van der Waals surface area contributed by atoms with Crippen molar-refractivity contribution in [3.8, 4) is 22.5 Å². The van der Waals surface area contributed by atoms with E-state index in [-0.39, 0.29) is 168 Å². The standard InChI is InChI=1S/C52H44N6O11S2.4Na/c1-27-22-29(3)48(57-51(61)54-34-12-8-7-9-13-34)31(5)46(27)53-36-20-21-37-41(24-36)69-42-26-40(44(71(66,67)68)25-39(42)45(37)38-14-10-11-15-43(38)70(63,64)65)56-47-28(2)23-30(4)49(32(47)6)58-52(62)55-35-18-16-33(17-19-35)50(59)60;;;;/h8-19,21-26,53H,1-6H3,(H,59,60)(H2,54,57,61)(H2,55,58,62)(H,63,64,65)(H,66,67,68);;;;/q-2;4*+1/p-1. The van der Waals surface area contributed by atoms with Gasteiger partial charge in [-0.1, -0.05) is 58.7 Å². The Balaban J connectivity index is 0.00000304. The molecule has 0 atom stereocenters. The fraction of sp³-hybridized carbons (Fsp3) is 0.115. The summed E-state index contributed by atoms with van der Waals surface area (Å²) in [6, 6.07) is 31.7. The molecule has 4 amide bonds. The Morgan fingerprint density at radius 3 is 1.79 bits per heavy atom. The van der Waals surface area contributed by atoms with Crippen LogP contribution in [0.5, 0.6) is 0 Å². The summed E-state index contributed by atoms with van der Waals surface area (Å²) < 4.78 is 82.5. The number of fused-ring (bicyclic) bond motifs is 2. The fourth-order valence-electron chi connectivity index (χ4n) is 8.54. The topological polar surface area (TPSA) is 273 Å². The molecule has 8 rings (SSSR count). The number of benzene rings is 7. The second-order valence-corrected chi connectivity index (χ2v) is 19.4. The summed E-state index contributed by atoms with van der Waals surface area (Å²) >= 11 is 0. The van der Waals surface area contributed by atoms with Crippen LogP contribution in [0.4, 0.5) is 49.4 Å². The Kier molecular flexibility index (Phi) is 21.8. The van der Waals surface area contributed by atoms with Gasteiger partial charge in [-0.3, -0.25) is 4.55 Å². The van der Waals surface area contributed by atoms with Gasteiger partial charge in [-0.2, -0.15) is 38.7 Å². The minimum atomic E-state index is -5.31. The van der Waals surface area contributed by atoms with E-state index in [9.17, 15) is 45.4 Å². The summed E-state index contributed by atoms with van der Waals surface area (Å²) in [6.07, 6.45) is 0. The number of urea groups is 2. The molecule has 23 heteroatoms. The molecule has 0 spiro atoms. The zero-order chi connectivity index (χ0) is 51.1. The van der Waals surface area contributed by atoms with E-state index < -0.39 is 48.1 Å². The SMILES string of the molecule is Cc1cc(C)c(Nc2[c-]cc3c(-c4ccccc4S(=O)(=O)O)c4cc(S(=O)(=O)[O-])c(=[NH+]c5c(C)cc(C)c(NC(=O)Nc6ccc(C(=O)[O-])cc6)c5C)cc-4oc3c2)c(C)c1NC(=O)Nc1cc[c-]cc1.[Na+].[Na+].[Na+].[Na+]. The number of carboxylic acid groups (broad SMARTS) is 1. The molecule has 0 unspecified atom stereocenters. The summed E-state index contributed by atoms with van der Waals surface area (Å²) in [5.41, 5.74) is 7.19. The van der Waals surface area contributed by atoms with Gasteiger partial charge in [0.25, 0.3) is 10.1 Å². The minimum absolute atomic E-state index is 0. The predicted molar refractivity (Wildman–Crippen MR) is 265 cm³/mol. The van der Waals surface area contributed by atoms with E-state index in [0.717, 1.165) is 17.2 Å². The van der Waals surface area contributed by atoms with Crippen LogP contribution < -0.4 is 160 Å². The average Bonchev–Trinajstić information content (AvgIpc) is 3.30. The molecule has 0 radical (unpaired) electrons. The average molecular weight is 1080 g/mol. The molecule has 7 N–H and O–H groups in total. The number of carboxylic acids is 1. The van der Waals surface area contributed by atoms with Gasteiger partial charge >= 0.3 is 130 Å². The van der Waals surface area contributed by atoms with Gasteiger partial charge in [0.2, 0.25) is 11.0 Å². The normalized spacial score (nSPS) is 11.3. The van der Waals surface area contributed by atoms with Crippen molar-refractivity contribution in [3.63, 3.8) is 0 Å². The molecule has 0 fully saturated rings. The predicted octanol–water partition coefficient (Wildman–Crippen LogP) is -4.47. The molecule has 75 heavy (non-hydrogen) atoms. The van der Waals surface area contributed by atoms with Crippen molar-refractivity contribution in [1.29, 1.82) is 0 Å². The van der Waals surface area contributed by atoms with Gasteiger partial charge in [-0.15, -0.1) is 18.2 Å². The molecule has 2 aliphatic rings. The van der Waals surface area contributed by atoms with Gasteiger partial charge < -0.3 is 45.5 Å². The number of rotatable bonds is 11. The molecule has 0 saturated carbocycles. The van der Waals surface area contributed by atoms with Crippen molar-refractivity contribution in [2.45, 2.75) is 51.3 Å². The van der Waals surface area contributed by atoms with Crippen LogP contribution >= 0.6 is 0 Å². The molecular weight excluding hydrogens is 1040 g/mol. The van der Waals surface area contributed by atoms with Crippen LogP contribution in [0.2, 0.25) is 0 Å². The van der Waals surface area contributed by atoms with E-state index >= 15 is 0 Å². The fourth-order valence-corrected chi connectivity index (χ4v) is 9.88. The molecule has 362 valence electrons. The molecule has 0 saturated heterocycles. The third-order valence-electron chi connectivity index (χ3n) is 11.8. The van der Waals surface area contributed by atoms with Crippen molar-refractivity contribution in [1.82, 2.24) is 0 Å². The van der Waals surface area contributed by atoms with Crippen LogP contribution in [0.25, 0.3) is 33.4 Å². The van der Waals surface area contributed by atoms with Gasteiger partial charge in [-0.25, -0.2) is 23.0 Å². The smallest absolute Gasteiger partial charge is 0.744 e. The first-order chi connectivity index (χ1) is 33.6. The van der Waals surface area contributed by atoms with Crippen molar-refractivity contribution in [2.24, 2.45) is 0 Å². The number of aromatic carboxylic acids is 1. The Morgan fingerprint density at radius 1 is 0.640 bits per heavy atom.